The van der Waals surface area contributed by atoms with Gasteiger partial charge < -0.3 is 14.7 Å². The largest absolute Gasteiger partial charge is 0.339 e. The highest BCUT2D eigenvalue weighted by atomic mass is 16.2. The van der Waals surface area contributed by atoms with E-state index < -0.39 is 0 Å². The first-order valence-corrected chi connectivity index (χ1v) is 12.2. The topological polar surface area (TPSA) is 60.9 Å². The number of anilines is 1. The maximum Gasteiger partial charge on any atom is 0.251 e. The van der Waals surface area contributed by atoms with Crippen LogP contribution in [0.1, 0.15) is 23.6 Å². The van der Waals surface area contributed by atoms with Crippen LogP contribution >= 0.6 is 0 Å². The Bertz CT molecular complexity index is 1220. The smallest absolute Gasteiger partial charge is 0.251 e. The maximum atomic E-state index is 13.3. The molecular formula is C30H31N3O3. The quantitative estimate of drug-likeness (QED) is 0.476. The number of nitrogens with zero attached hydrogens (tertiary/aromatic N) is 3. The third-order valence-electron chi connectivity index (χ3n) is 6.32. The number of piperazine rings is 1. The fraction of sp³-hybridized carbons (Fsp3) is 0.233. The van der Waals surface area contributed by atoms with Gasteiger partial charge in [0.2, 0.25) is 11.8 Å². The Labute approximate surface area is 212 Å². The molecule has 184 valence electrons. The Kier molecular flexibility index (Phi) is 8.29. The summed E-state index contributed by atoms with van der Waals surface area (Å²) in [5.41, 5.74) is 3.57. The first-order valence-electron chi connectivity index (χ1n) is 12.2. The molecule has 4 rings (SSSR count). The average molecular weight is 482 g/mol. The Morgan fingerprint density at radius 2 is 1.39 bits per heavy atom. The van der Waals surface area contributed by atoms with Crippen LogP contribution in [0.15, 0.2) is 91.0 Å². The summed E-state index contributed by atoms with van der Waals surface area (Å²) in [5, 5.41) is 0. The zero-order valence-corrected chi connectivity index (χ0v) is 20.5. The van der Waals surface area contributed by atoms with E-state index >= 15 is 0 Å². The van der Waals surface area contributed by atoms with Gasteiger partial charge >= 0.3 is 0 Å². The number of benzene rings is 3. The Morgan fingerprint density at radius 3 is 2.06 bits per heavy atom. The Balaban J connectivity index is 1.50. The average Bonchev–Trinajstić information content (AvgIpc) is 2.91. The van der Waals surface area contributed by atoms with Gasteiger partial charge in [0.25, 0.3) is 5.91 Å². The maximum absolute atomic E-state index is 13.3. The van der Waals surface area contributed by atoms with E-state index in [0.717, 1.165) is 22.4 Å². The summed E-state index contributed by atoms with van der Waals surface area (Å²) < 4.78 is 0. The van der Waals surface area contributed by atoms with Gasteiger partial charge in [-0.15, -0.1) is 0 Å². The summed E-state index contributed by atoms with van der Waals surface area (Å²) in [6.07, 6.45) is 3.65. The van der Waals surface area contributed by atoms with E-state index in [1.165, 1.54) is 0 Å². The molecule has 3 amide bonds. The van der Waals surface area contributed by atoms with Crippen molar-refractivity contribution in [2.24, 2.45) is 0 Å². The summed E-state index contributed by atoms with van der Waals surface area (Å²) in [4.78, 5) is 43.1. The minimum atomic E-state index is -0.133. The molecule has 1 heterocycles. The van der Waals surface area contributed by atoms with Crippen LogP contribution in [0.3, 0.4) is 0 Å². The molecule has 0 unspecified atom stereocenters. The second-order valence-corrected chi connectivity index (χ2v) is 8.89. The minimum Gasteiger partial charge on any atom is -0.339 e. The first kappa shape index (κ1) is 24.9. The Morgan fingerprint density at radius 1 is 0.778 bits per heavy atom. The van der Waals surface area contributed by atoms with Crippen molar-refractivity contribution in [3.8, 4) is 0 Å². The van der Waals surface area contributed by atoms with Crippen LogP contribution in [0.5, 0.6) is 0 Å². The summed E-state index contributed by atoms with van der Waals surface area (Å²) >= 11 is 0. The molecule has 0 aliphatic carbocycles. The van der Waals surface area contributed by atoms with E-state index in [-0.39, 0.29) is 24.1 Å². The highest BCUT2D eigenvalue weighted by Gasteiger charge is 2.23. The van der Waals surface area contributed by atoms with Crippen LogP contribution in [0, 0.1) is 0 Å². The van der Waals surface area contributed by atoms with Gasteiger partial charge in [0.1, 0.15) is 0 Å². The Hall–Kier alpha value is -4.19. The molecule has 1 fully saturated rings. The standard InChI is InChI=1S/C30H31N3O3/c1-24(34)31-17-19-32(20-18-31)30(36)22-27-13-8-14-28(21-27)33(23-26-11-6-3-7-12-26)29(35)16-15-25-9-4-2-5-10-25/h2-16,21H,17-20,22-23H2,1H3/b16-15+. The lowest BCUT2D eigenvalue weighted by Gasteiger charge is -2.34. The number of rotatable bonds is 7. The number of hydrogen-bond donors (Lipinski definition) is 0. The van der Waals surface area contributed by atoms with Crippen LogP contribution in [-0.4, -0.2) is 53.7 Å². The number of carbonyl (C=O) groups is 3. The van der Waals surface area contributed by atoms with E-state index in [2.05, 4.69) is 0 Å². The second-order valence-electron chi connectivity index (χ2n) is 8.89. The SMILES string of the molecule is CC(=O)N1CCN(C(=O)Cc2cccc(N(Cc3ccccc3)C(=O)/C=C/c3ccccc3)c2)CC1. The fourth-order valence-electron chi connectivity index (χ4n) is 4.28. The third-order valence-corrected chi connectivity index (χ3v) is 6.32. The zero-order chi connectivity index (χ0) is 25.3. The van der Waals surface area contributed by atoms with Gasteiger partial charge in [-0.3, -0.25) is 14.4 Å². The van der Waals surface area contributed by atoms with Crippen LogP contribution in [-0.2, 0) is 27.3 Å². The molecule has 6 nitrogen and oxygen atoms in total. The third kappa shape index (κ3) is 6.69. The van der Waals surface area contributed by atoms with E-state index in [1.54, 1.807) is 22.8 Å². The molecule has 6 heteroatoms. The monoisotopic (exact) mass is 481 g/mol. The van der Waals surface area contributed by atoms with Crippen LogP contribution in [0.4, 0.5) is 5.69 Å². The van der Waals surface area contributed by atoms with Crippen molar-refractivity contribution in [3.63, 3.8) is 0 Å². The van der Waals surface area contributed by atoms with Gasteiger partial charge in [-0.05, 0) is 34.9 Å². The summed E-state index contributed by atoms with van der Waals surface area (Å²) in [6, 6.07) is 27.2. The first-order chi connectivity index (χ1) is 17.5. The summed E-state index contributed by atoms with van der Waals surface area (Å²) in [5.74, 6) is -0.0638. The van der Waals surface area contributed by atoms with E-state index in [4.69, 9.17) is 0 Å². The molecule has 0 aromatic heterocycles. The van der Waals surface area contributed by atoms with Gasteiger partial charge in [0.15, 0.2) is 0 Å². The van der Waals surface area contributed by atoms with Gasteiger partial charge in [0, 0.05) is 44.9 Å². The number of amides is 3. The molecule has 1 aliphatic heterocycles. The predicted molar refractivity (Wildman–Crippen MR) is 142 cm³/mol. The molecule has 0 spiro atoms. The van der Waals surface area contributed by atoms with Crippen molar-refractivity contribution >= 4 is 29.5 Å². The molecule has 3 aromatic carbocycles. The predicted octanol–water partition coefficient (Wildman–Crippen LogP) is 4.17. The zero-order valence-electron chi connectivity index (χ0n) is 20.5. The van der Waals surface area contributed by atoms with Crippen molar-refractivity contribution in [2.75, 3.05) is 31.1 Å². The van der Waals surface area contributed by atoms with Crippen molar-refractivity contribution in [1.29, 1.82) is 0 Å². The second kappa shape index (κ2) is 12.0. The molecule has 3 aromatic rings. The fourth-order valence-corrected chi connectivity index (χ4v) is 4.28. The lowest BCUT2D eigenvalue weighted by atomic mass is 10.1. The molecule has 0 radical (unpaired) electrons. The van der Waals surface area contributed by atoms with Gasteiger partial charge in [-0.1, -0.05) is 72.8 Å². The summed E-state index contributed by atoms with van der Waals surface area (Å²) in [7, 11) is 0. The molecule has 0 atom stereocenters. The van der Waals surface area contributed by atoms with Gasteiger partial charge in [-0.25, -0.2) is 0 Å². The molecular weight excluding hydrogens is 450 g/mol. The lowest BCUT2D eigenvalue weighted by molar-refractivity contribution is -0.138. The van der Waals surface area contributed by atoms with Crippen LogP contribution in [0.25, 0.3) is 6.08 Å². The molecule has 0 N–H and O–H groups in total. The van der Waals surface area contributed by atoms with Crippen molar-refractivity contribution < 1.29 is 14.4 Å². The molecule has 1 saturated heterocycles. The molecule has 0 bridgehead atoms. The normalized spacial score (nSPS) is 13.6. The highest BCUT2D eigenvalue weighted by molar-refractivity contribution is 6.03. The molecule has 36 heavy (non-hydrogen) atoms. The number of carbonyl (C=O) groups excluding carboxylic acids is 3. The van der Waals surface area contributed by atoms with Crippen LogP contribution in [0.2, 0.25) is 0 Å². The minimum absolute atomic E-state index is 0.0280. The van der Waals surface area contributed by atoms with Crippen molar-refractivity contribution in [2.45, 2.75) is 19.9 Å². The van der Waals surface area contributed by atoms with E-state index in [9.17, 15) is 14.4 Å². The molecule has 1 aliphatic rings. The molecule has 0 saturated carbocycles. The number of hydrogen-bond acceptors (Lipinski definition) is 3. The van der Waals surface area contributed by atoms with Crippen molar-refractivity contribution in [3.05, 3.63) is 108 Å². The van der Waals surface area contributed by atoms with Crippen molar-refractivity contribution in [1.82, 2.24) is 9.80 Å². The van der Waals surface area contributed by atoms with Crippen LogP contribution < -0.4 is 4.90 Å². The van der Waals surface area contributed by atoms with Gasteiger partial charge in [0.05, 0.1) is 13.0 Å². The summed E-state index contributed by atoms with van der Waals surface area (Å²) in [6.45, 7) is 4.19. The highest BCUT2D eigenvalue weighted by Crippen LogP contribution is 2.21. The van der Waals surface area contributed by atoms with Gasteiger partial charge in [-0.2, -0.15) is 0 Å². The lowest BCUT2D eigenvalue weighted by Crippen LogP contribution is -2.50. The van der Waals surface area contributed by atoms with E-state index in [1.807, 2.05) is 95.9 Å². The van der Waals surface area contributed by atoms with E-state index in [0.29, 0.717) is 32.7 Å².